The first-order chi connectivity index (χ1) is 10.3. The highest BCUT2D eigenvalue weighted by molar-refractivity contribution is 7.98. The minimum atomic E-state index is -4.48. The van der Waals surface area contributed by atoms with Crippen LogP contribution in [0.25, 0.3) is 0 Å². The van der Waals surface area contributed by atoms with Crippen molar-refractivity contribution in [3.05, 3.63) is 29.8 Å². The zero-order chi connectivity index (χ0) is 16.8. The molecule has 1 rings (SSSR count). The molecule has 0 aliphatic carbocycles. The first-order valence-electron chi connectivity index (χ1n) is 6.91. The topological polar surface area (TPSA) is 32.3 Å². The molecule has 1 N–H and O–H groups in total. The number of anilines is 1. The third kappa shape index (κ3) is 5.88. The van der Waals surface area contributed by atoms with E-state index >= 15 is 0 Å². The molecular formula is C15H21F3N2OS. The summed E-state index contributed by atoms with van der Waals surface area (Å²) in [5.74, 6) is 0.523. The molecule has 0 aliphatic rings. The van der Waals surface area contributed by atoms with Crippen LogP contribution in [0.3, 0.4) is 0 Å². The summed E-state index contributed by atoms with van der Waals surface area (Å²) in [7, 11) is 1.90. The number of benzene rings is 1. The van der Waals surface area contributed by atoms with E-state index in [1.807, 2.05) is 25.1 Å². The lowest BCUT2D eigenvalue weighted by molar-refractivity contribution is -0.137. The predicted molar refractivity (Wildman–Crippen MR) is 85.2 cm³/mol. The lowest BCUT2D eigenvalue weighted by Gasteiger charge is -2.23. The molecule has 7 heteroatoms. The van der Waals surface area contributed by atoms with Gasteiger partial charge >= 0.3 is 6.18 Å². The minimum absolute atomic E-state index is 0.154. The van der Waals surface area contributed by atoms with Crippen molar-refractivity contribution in [1.29, 1.82) is 0 Å². The van der Waals surface area contributed by atoms with Crippen LogP contribution in [0.5, 0.6) is 0 Å². The molecule has 0 heterocycles. The van der Waals surface area contributed by atoms with Crippen LogP contribution in [0.4, 0.5) is 18.9 Å². The van der Waals surface area contributed by atoms with E-state index in [0.29, 0.717) is 12.6 Å². The van der Waals surface area contributed by atoms with Gasteiger partial charge in [0.2, 0.25) is 5.91 Å². The molecule has 0 aromatic heterocycles. The van der Waals surface area contributed by atoms with E-state index in [0.717, 1.165) is 11.8 Å². The molecular weight excluding hydrogens is 313 g/mol. The number of halogens is 3. The Labute approximate surface area is 133 Å². The molecule has 1 aromatic carbocycles. The summed E-state index contributed by atoms with van der Waals surface area (Å²) in [5, 5.41) is 2.35. The number of carbonyl (C=O) groups is 1. The number of carbonyl (C=O) groups excluding carboxylic acids is 1. The number of thioether (sulfide) groups is 1. The van der Waals surface area contributed by atoms with Crippen LogP contribution in [-0.2, 0) is 11.0 Å². The summed E-state index contributed by atoms with van der Waals surface area (Å²) in [4.78, 5) is 13.9. The number of alkyl halides is 3. The van der Waals surface area contributed by atoms with Crippen LogP contribution in [0.2, 0.25) is 0 Å². The Bertz CT molecular complexity index is 494. The summed E-state index contributed by atoms with van der Waals surface area (Å²) in [6.45, 7) is 2.55. The Hall–Kier alpha value is -1.21. The summed E-state index contributed by atoms with van der Waals surface area (Å²) in [6.07, 6.45) is -2.32. The minimum Gasteiger partial charge on any atom is -0.325 e. The number of rotatable bonds is 7. The number of nitrogens with zero attached hydrogens (tertiary/aromatic N) is 1. The summed E-state index contributed by atoms with van der Waals surface area (Å²) in [6, 6.07) is 5.31. The number of hydrogen-bond donors (Lipinski definition) is 1. The van der Waals surface area contributed by atoms with Gasteiger partial charge in [0.15, 0.2) is 0 Å². The summed E-state index contributed by atoms with van der Waals surface area (Å²) >= 11 is 1.71. The van der Waals surface area contributed by atoms with Gasteiger partial charge in [-0.1, -0.05) is 12.1 Å². The average Bonchev–Trinajstić information content (AvgIpc) is 2.44. The number of amides is 1. The van der Waals surface area contributed by atoms with Crippen molar-refractivity contribution >= 4 is 23.4 Å². The van der Waals surface area contributed by atoms with Gasteiger partial charge < -0.3 is 10.2 Å². The van der Waals surface area contributed by atoms with Gasteiger partial charge in [-0.15, -0.1) is 0 Å². The third-order valence-electron chi connectivity index (χ3n) is 3.36. The van der Waals surface area contributed by atoms with Crippen molar-refractivity contribution < 1.29 is 18.0 Å². The van der Waals surface area contributed by atoms with Gasteiger partial charge in [0, 0.05) is 24.8 Å². The van der Waals surface area contributed by atoms with Gasteiger partial charge in [0.1, 0.15) is 0 Å². The highest BCUT2D eigenvalue weighted by atomic mass is 32.2. The van der Waals surface area contributed by atoms with Gasteiger partial charge in [0.05, 0.1) is 11.3 Å². The van der Waals surface area contributed by atoms with E-state index < -0.39 is 17.6 Å². The average molecular weight is 334 g/mol. The van der Waals surface area contributed by atoms with Crippen molar-refractivity contribution in [3.8, 4) is 0 Å². The second-order valence-corrected chi connectivity index (χ2v) is 6.04. The van der Waals surface area contributed by atoms with E-state index in [1.54, 1.807) is 11.8 Å². The van der Waals surface area contributed by atoms with Crippen LogP contribution < -0.4 is 5.32 Å². The lowest BCUT2D eigenvalue weighted by Crippen LogP contribution is -2.33. The molecule has 0 aliphatic heterocycles. The molecule has 0 radical (unpaired) electrons. The Morgan fingerprint density at radius 1 is 1.36 bits per heavy atom. The molecule has 3 nitrogen and oxygen atoms in total. The Kier molecular flexibility index (Phi) is 7.22. The molecule has 0 saturated heterocycles. The Morgan fingerprint density at radius 2 is 2.00 bits per heavy atom. The normalized spacial score (nSPS) is 13.2. The van der Waals surface area contributed by atoms with Crippen molar-refractivity contribution in [2.75, 3.05) is 30.9 Å². The number of hydrogen-bond acceptors (Lipinski definition) is 3. The summed E-state index contributed by atoms with van der Waals surface area (Å²) in [5.41, 5.74) is -1.02. The number of nitrogens with one attached hydrogen (secondary N) is 1. The first-order valence-corrected chi connectivity index (χ1v) is 8.30. The molecule has 0 bridgehead atoms. The molecule has 0 unspecified atom stereocenters. The zero-order valence-corrected chi connectivity index (χ0v) is 13.7. The van der Waals surface area contributed by atoms with E-state index in [-0.39, 0.29) is 12.1 Å². The predicted octanol–water partition coefficient (Wildman–Crippen LogP) is 3.72. The van der Waals surface area contributed by atoms with Crippen molar-refractivity contribution in [3.63, 3.8) is 0 Å². The quantitative estimate of drug-likeness (QED) is 0.825. The molecule has 1 aromatic rings. The van der Waals surface area contributed by atoms with Crippen molar-refractivity contribution in [2.45, 2.75) is 25.6 Å². The van der Waals surface area contributed by atoms with Crippen LogP contribution in [0, 0.1) is 0 Å². The van der Waals surface area contributed by atoms with Gasteiger partial charge in [-0.05, 0) is 32.4 Å². The molecule has 0 saturated carbocycles. The van der Waals surface area contributed by atoms with Gasteiger partial charge in [-0.2, -0.15) is 24.9 Å². The maximum absolute atomic E-state index is 12.8. The maximum atomic E-state index is 12.8. The van der Waals surface area contributed by atoms with Gasteiger partial charge in [0.25, 0.3) is 0 Å². The fourth-order valence-corrected chi connectivity index (χ4v) is 2.66. The molecule has 1 atom stereocenters. The fourth-order valence-electron chi connectivity index (χ4n) is 1.92. The van der Waals surface area contributed by atoms with E-state index in [1.165, 1.54) is 18.2 Å². The van der Waals surface area contributed by atoms with E-state index in [4.69, 9.17) is 0 Å². The largest absolute Gasteiger partial charge is 0.418 e. The van der Waals surface area contributed by atoms with Crippen molar-refractivity contribution in [2.24, 2.45) is 0 Å². The van der Waals surface area contributed by atoms with Crippen LogP contribution in [0.15, 0.2) is 24.3 Å². The fraction of sp³-hybridized carbons (Fsp3) is 0.533. The second kappa shape index (κ2) is 8.43. The van der Waals surface area contributed by atoms with E-state index in [2.05, 4.69) is 5.32 Å². The zero-order valence-electron chi connectivity index (χ0n) is 12.9. The van der Waals surface area contributed by atoms with Gasteiger partial charge in [-0.3, -0.25) is 4.79 Å². The SMILES string of the molecule is CSC[C@H](C)N(C)CCC(=O)Nc1ccccc1C(F)(F)F. The number of para-hydroxylation sites is 1. The third-order valence-corrected chi connectivity index (χ3v) is 4.17. The second-order valence-electron chi connectivity index (χ2n) is 5.13. The first kappa shape index (κ1) is 18.8. The van der Waals surface area contributed by atoms with Gasteiger partial charge in [-0.25, -0.2) is 0 Å². The van der Waals surface area contributed by atoms with Crippen LogP contribution >= 0.6 is 11.8 Å². The van der Waals surface area contributed by atoms with Crippen LogP contribution in [-0.4, -0.2) is 42.4 Å². The highest BCUT2D eigenvalue weighted by Crippen LogP contribution is 2.34. The van der Waals surface area contributed by atoms with Crippen molar-refractivity contribution in [1.82, 2.24) is 4.90 Å². The van der Waals surface area contributed by atoms with Crippen LogP contribution in [0.1, 0.15) is 18.9 Å². The Balaban J connectivity index is 2.60. The molecule has 0 spiro atoms. The molecule has 22 heavy (non-hydrogen) atoms. The molecule has 1 amide bonds. The monoisotopic (exact) mass is 334 g/mol. The lowest BCUT2D eigenvalue weighted by atomic mass is 10.1. The molecule has 0 fully saturated rings. The smallest absolute Gasteiger partial charge is 0.325 e. The van der Waals surface area contributed by atoms with E-state index in [9.17, 15) is 18.0 Å². The highest BCUT2D eigenvalue weighted by Gasteiger charge is 2.33. The standard InChI is InChI=1S/C15H21F3N2OS/c1-11(10-22-3)20(2)9-8-14(21)19-13-7-5-4-6-12(13)15(16,17)18/h4-7,11H,8-10H2,1-3H3,(H,19,21)/t11-/m0/s1. The maximum Gasteiger partial charge on any atom is 0.418 e. The Morgan fingerprint density at radius 3 is 2.59 bits per heavy atom. The summed E-state index contributed by atoms with van der Waals surface area (Å²) < 4.78 is 38.5. The molecule has 124 valence electrons.